The van der Waals surface area contributed by atoms with Crippen LogP contribution in [0.4, 0.5) is 13.2 Å². The molecule has 3 aromatic carbocycles. The highest BCUT2D eigenvalue weighted by atomic mass is 32.1. The third kappa shape index (κ3) is 5.13. The van der Waals surface area contributed by atoms with Gasteiger partial charge in [0.1, 0.15) is 10.8 Å². The minimum absolute atomic E-state index is 0.143. The Morgan fingerprint density at radius 3 is 2.55 bits per heavy atom. The number of para-hydroxylation sites is 1. The third-order valence-corrected chi connectivity index (χ3v) is 7.30. The van der Waals surface area contributed by atoms with Gasteiger partial charge in [-0.1, -0.05) is 24.3 Å². The van der Waals surface area contributed by atoms with Gasteiger partial charge in [-0.25, -0.2) is 9.78 Å². The number of carboxylic acids is 1. The van der Waals surface area contributed by atoms with Crippen molar-refractivity contribution < 1.29 is 32.5 Å². The summed E-state index contributed by atoms with van der Waals surface area (Å²) in [6.45, 7) is 5.41. The Morgan fingerprint density at radius 2 is 1.87 bits per heavy atom. The summed E-state index contributed by atoms with van der Waals surface area (Å²) in [7, 11) is 0. The number of carboxylic acid groups (broad SMARTS) is 1. The van der Waals surface area contributed by atoms with Crippen molar-refractivity contribution in [1.82, 2.24) is 4.98 Å². The number of ether oxygens (including phenoxy) is 2. The highest BCUT2D eigenvalue weighted by Crippen LogP contribution is 2.48. The number of hydrogen-bond acceptors (Lipinski definition) is 5. The first-order valence-electron chi connectivity index (χ1n) is 12.2. The van der Waals surface area contributed by atoms with Crippen molar-refractivity contribution in [2.75, 3.05) is 6.61 Å². The average molecular weight is 542 g/mol. The largest absolute Gasteiger partial charge is 0.493 e. The molecule has 5 rings (SSSR count). The Hall–Kier alpha value is -3.43. The number of rotatable bonds is 5. The normalized spacial score (nSPS) is 14.7. The molecule has 198 valence electrons. The monoisotopic (exact) mass is 541 g/mol. The molecular weight excluding hydrogens is 515 g/mol. The Morgan fingerprint density at radius 1 is 1.11 bits per heavy atom. The molecule has 0 saturated heterocycles. The summed E-state index contributed by atoms with van der Waals surface area (Å²) in [4.78, 5) is 17.2. The first-order valence-corrected chi connectivity index (χ1v) is 13.0. The smallest absolute Gasteiger partial charge is 0.416 e. The molecule has 1 atom stereocenters. The number of aromatic nitrogens is 1. The highest BCUT2D eigenvalue weighted by molar-refractivity contribution is 7.21. The second kappa shape index (κ2) is 9.71. The van der Waals surface area contributed by atoms with Crippen LogP contribution in [0.15, 0.2) is 54.6 Å². The van der Waals surface area contributed by atoms with E-state index in [0.29, 0.717) is 40.4 Å². The third-order valence-electron chi connectivity index (χ3n) is 6.23. The molecule has 0 bridgehead atoms. The number of nitrogens with zero attached hydrogens (tertiary/aromatic N) is 1. The van der Waals surface area contributed by atoms with Gasteiger partial charge < -0.3 is 14.6 Å². The fourth-order valence-electron chi connectivity index (χ4n) is 4.72. The second-order valence-corrected chi connectivity index (χ2v) is 11.2. The molecular formula is C29H26F3NO4S. The van der Waals surface area contributed by atoms with Crippen LogP contribution in [0.5, 0.6) is 5.75 Å². The van der Waals surface area contributed by atoms with Crippen LogP contribution in [-0.4, -0.2) is 28.3 Å². The lowest BCUT2D eigenvalue weighted by Crippen LogP contribution is -2.29. The lowest BCUT2D eigenvalue weighted by atomic mass is 9.86. The number of aliphatic carboxylic acids is 1. The molecule has 1 aliphatic rings. The molecule has 5 nitrogen and oxygen atoms in total. The van der Waals surface area contributed by atoms with Crippen molar-refractivity contribution in [3.63, 3.8) is 0 Å². The van der Waals surface area contributed by atoms with Crippen molar-refractivity contribution in [2.24, 2.45) is 0 Å². The molecule has 0 fully saturated rings. The number of hydrogen-bond donors (Lipinski definition) is 1. The quantitative estimate of drug-likeness (QED) is 0.278. The number of carbonyl (C=O) groups is 1. The van der Waals surface area contributed by atoms with Gasteiger partial charge in [-0.2, -0.15) is 13.2 Å². The van der Waals surface area contributed by atoms with E-state index in [0.717, 1.165) is 22.8 Å². The van der Waals surface area contributed by atoms with Crippen LogP contribution in [0, 0.1) is 0 Å². The maximum absolute atomic E-state index is 14.5. The molecule has 0 aliphatic carbocycles. The zero-order valence-corrected chi connectivity index (χ0v) is 21.9. The summed E-state index contributed by atoms with van der Waals surface area (Å²) >= 11 is 1.34. The topological polar surface area (TPSA) is 68.7 Å². The van der Waals surface area contributed by atoms with E-state index in [1.165, 1.54) is 17.4 Å². The van der Waals surface area contributed by atoms with Gasteiger partial charge in [-0.05, 0) is 80.6 Å². The summed E-state index contributed by atoms with van der Waals surface area (Å²) in [6, 6.07) is 14.9. The molecule has 0 spiro atoms. The van der Waals surface area contributed by atoms with Gasteiger partial charge in [0.05, 0.1) is 28.0 Å². The van der Waals surface area contributed by atoms with Crippen molar-refractivity contribution in [3.8, 4) is 27.4 Å². The van der Waals surface area contributed by atoms with Crippen LogP contribution >= 0.6 is 11.3 Å². The highest BCUT2D eigenvalue weighted by Gasteiger charge is 2.41. The van der Waals surface area contributed by atoms with E-state index in [1.54, 1.807) is 39.0 Å². The Bertz CT molecular complexity index is 1490. The zero-order chi connectivity index (χ0) is 27.2. The molecule has 0 amide bonds. The van der Waals surface area contributed by atoms with Crippen LogP contribution in [0.25, 0.3) is 31.9 Å². The summed E-state index contributed by atoms with van der Waals surface area (Å²) < 4.78 is 55.9. The molecule has 0 radical (unpaired) electrons. The van der Waals surface area contributed by atoms with Crippen LogP contribution < -0.4 is 4.74 Å². The van der Waals surface area contributed by atoms with Crippen molar-refractivity contribution in [1.29, 1.82) is 0 Å². The maximum Gasteiger partial charge on any atom is 0.416 e. The molecule has 4 aromatic rings. The zero-order valence-electron chi connectivity index (χ0n) is 21.1. The summed E-state index contributed by atoms with van der Waals surface area (Å²) in [5.74, 6) is -0.829. The van der Waals surface area contributed by atoms with Crippen LogP contribution in [-0.2, 0) is 22.1 Å². The Labute approximate surface area is 221 Å². The Balaban J connectivity index is 1.87. The minimum atomic E-state index is -4.82. The molecule has 9 heteroatoms. The summed E-state index contributed by atoms with van der Waals surface area (Å²) in [5, 5.41) is 10.7. The maximum atomic E-state index is 14.5. The first kappa shape index (κ1) is 26.2. The number of thiazole rings is 1. The summed E-state index contributed by atoms with van der Waals surface area (Å²) in [6.07, 6.45) is -5.21. The molecule has 2 heterocycles. The van der Waals surface area contributed by atoms with Gasteiger partial charge in [0, 0.05) is 11.1 Å². The molecule has 38 heavy (non-hydrogen) atoms. The van der Waals surface area contributed by atoms with E-state index in [9.17, 15) is 23.1 Å². The fraction of sp³-hybridized carbons (Fsp3) is 0.310. The van der Waals surface area contributed by atoms with Gasteiger partial charge in [0.25, 0.3) is 0 Å². The molecule has 1 unspecified atom stereocenters. The van der Waals surface area contributed by atoms with Crippen molar-refractivity contribution in [3.05, 3.63) is 71.3 Å². The van der Waals surface area contributed by atoms with Gasteiger partial charge in [-0.3, -0.25) is 0 Å². The lowest BCUT2D eigenvalue weighted by molar-refractivity contribution is -0.163. The van der Waals surface area contributed by atoms with E-state index in [4.69, 9.17) is 14.5 Å². The first-order chi connectivity index (χ1) is 17.9. The average Bonchev–Trinajstić information content (AvgIpc) is 3.29. The fourth-order valence-corrected chi connectivity index (χ4v) is 5.72. The van der Waals surface area contributed by atoms with Crippen LogP contribution in [0.3, 0.4) is 0 Å². The van der Waals surface area contributed by atoms with E-state index >= 15 is 0 Å². The predicted octanol–water partition coefficient (Wildman–Crippen LogP) is 7.91. The van der Waals surface area contributed by atoms with E-state index < -0.39 is 35.0 Å². The number of alkyl halides is 3. The van der Waals surface area contributed by atoms with Crippen LogP contribution in [0.1, 0.15) is 50.0 Å². The second-order valence-electron chi connectivity index (χ2n) is 10.2. The number of benzene rings is 3. The van der Waals surface area contributed by atoms with Crippen LogP contribution in [0.2, 0.25) is 0 Å². The predicted molar refractivity (Wildman–Crippen MR) is 141 cm³/mol. The van der Waals surface area contributed by atoms with Crippen molar-refractivity contribution >= 4 is 27.5 Å². The molecule has 1 aliphatic heterocycles. The van der Waals surface area contributed by atoms with Gasteiger partial charge in [0.2, 0.25) is 0 Å². The summed E-state index contributed by atoms with van der Waals surface area (Å²) in [5.41, 5.74) is 0.0531. The SMILES string of the molecule is CC(C)(C)OC(C(=O)O)c1c(C(F)(F)F)ccc(-c2nc3ccccc3s2)c1-c1ccc2c(c1)CCCO2. The molecule has 1 N–H and O–H groups in total. The van der Waals surface area contributed by atoms with Gasteiger partial charge in [0.15, 0.2) is 6.10 Å². The van der Waals surface area contributed by atoms with Gasteiger partial charge in [-0.15, -0.1) is 11.3 Å². The number of halogens is 3. The van der Waals surface area contributed by atoms with E-state index in [2.05, 4.69) is 0 Å². The molecule has 1 aromatic heterocycles. The minimum Gasteiger partial charge on any atom is -0.493 e. The Kier molecular flexibility index (Phi) is 6.69. The standard InChI is InChI=1S/C29H26F3NO4S/c1-28(2,3)37-25(27(34)35)24-19(29(30,31)32)12-11-18(26-33-20-8-4-5-9-22(20)38-26)23(24)17-10-13-21-16(15-17)7-6-14-36-21/h4-5,8-13,15,25H,6-7,14H2,1-3H3,(H,34,35). The number of aryl methyl sites for hydroxylation is 1. The van der Waals surface area contributed by atoms with E-state index in [1.807, 2.05) is 24.3 Å². The number of fused-ring (bicyclic) bond motifs is 2. The molecule has 0 saturated carbocycles. The van der Waals surface area contributed by atoms with Crippen molar-refractivity contribution in [2.45, 2.75) is 51.5 Å². The lowest BCUT2D eigenvalue weighted by Gasteiger charge is -2.30. The van der Waals surface area contributed by atoms with E-state index in [-0.39, 0.29) is 5.56 Å². The van der Waals surface area contributed by atoms with Gasteiger partial charge >= 0.3 is 12.1 Å².